The molecule has 0 radical (unpaired) electrons. The van der Waals surface area contributed by atoms with E-state index in [0.29, 0.717) is 18.9 Å². The maximum Gasteiger partial charge on any atom is 0.222 e. The number of aliphatic hydroxyl groups excluding tert-OH is 1. The lowest BCUT2D eigenvalue weighted by Crippen LogP contribution is -2.36. The molecule has 1 amide bonds. The monoisotopic (exact) mass is 199 g/mol. The van der Waals surface area contributed by atoms with E-state index in [1.807, 2.05) is 0 Å². The fourth-order valence-electron chi connectivity index (χ4n) is 2.01. The lowest BCUT2D eigenvalue weighted by atomic mass is 9.98. The molecule has 0 spiro atoms. The number of hydrogen-bond acceptors (Lipinski definition) is 2. The van der Waals surface area contributed by atoms with E-state index < -0.39 is 6.10 Å². The summed E-state index contributed by atoms with van der Waals surface area (Å²) in [4.78, 5) is 13.4. The average Bonchev–Trinajstić information content (AvgIpc) is 2.30. The van der Waals surface area contributed by atoms with Crippen molar-refractivity contribution >= 4 is 5.91 Å². The Morgan fingerprint density at radius 1 is 1.57 bits per heavy atom. The van der Waals surface area contributed by atoms with Gasteiger partial charge in [-0.15, -0.1) is 0 Å². The highest BCUT2D eigenvalue weighted by molar-refractivity contribution is 5.76. The second kappa shape index (κ2) is 5.35. The molecule has 0 aromatic heterocycles. The number of carbonyl (C=O) groups excluding carboxylic acids is 1. The minimum Gasteiger partial charge on any atom is -0.392 e. The molecule has 1 unspecified atom stereocenters. The van der Waals surface area contributed by atoms with E-state index >= 15 is 0 Å². The number of nitrogens with zero attached hydrogens (tertiary/aromatic N) is 1. The van der Waals surface area contributed by atoms with Crippen LogP contribution in [0.25, 0.3) is 0 Å². The van der Waals surface area contributed by atoms with Gasteiger partial charge in [-0.05, 0) is 25.7 Å². The molecule has 3 heteroatoms. The van der Waals surface area contributed by atoms with E-state index in [9.17, 15) is 9.90 Å². The third-order valence-corrected chi connectivity index (χ3v) is 2.99. The van der Waals surface area contributed by atoms with Crippen LogP contribution in [-0.4, -0.2) is 35.1 Å². The van der Waals surface area contributed by atoms with Gasteiger partial charge >= 0.3 is 0 Å². The van der Waals surface area contributed by atoms with Gasteiger partial charge in [0.05, 0.1) is 6.10 Å². The molecule has 0 aliphatic carbocycles. The van der Waals surface area contributed by atoms with Crippen molar-refractivity contribution in [2.75, 3.05) is 13.1 Å². The van der Waals surface area contributed by atoms with Gasteiger partial charge in [0.25, 0.3) is 0 Å². The first-order valence-corrected chi connectivity index (χ1v) is 5.59. The molecular weight excluding hydrogens is 178 g/mol. The number of rotatable bonds is 3. The van der Waals surface area contributed by atoms with E-state index in [2.05, 4.69) is 6.92 Å². The molecule has 1 aliphatic heterocycles. The lowest BCUT2D eigenvalue weighted by molar-refractivity contribution is -0.131. The zero-order chi connectivity index (χ0) is 10.6. The van der Waals surface area contributed by atoms with Crippen LogP contribution in [0.2, 0.25) is 0 Å². The van der Waals surface area contributed by atoms with Gasteiger partial charge in [-0.25, -0.2) is 0 Å². The molecule has 1 fully saturated rings. The van der Waals surface area contributed by atoms with Crippen LogP contribution in [0.4, 0.5) is 0 Å². The Hall–Kier alpha value is -0.570. The van der Waals surface area contributed by atoms with Gasteiger partial charge in [0, 0.05) is 19.5 Å². The van der Waals surface area contributed by atoms with Gasteiger partial charge in [0.1, 0.15) is 0 Å². The Balaban J connectivity index is 2.47. The Morgan fingerprint density at radius 3 is 2.86 bits per heavy atom. The standard InChI is InChI=1S/C11H21NO2/c1-3-10-4-5-11(14)12(7-6-10)8-9(2)13/h9-10,13H,3-8H2,1-2H3/t9-,10?/m0/s1. The van der Waals surface area contributed by atoms with Crippen molar-refractivity contribution in [1.82, 2.24) is 4.90 Å². The summed E-state index contributed by atoms with van der Waals surface area (Å²) in [5.41, 5.74) is 0. The number of hydrogen-bond donors (Lipinski definition) is 1. The Kier molecular flexibility index (Phi) is 4.39. The quantitative estimate of drug-likeness (QED) is 0.746. The summed E-state index contributed by atoms with van der Waals surface area (Å²) < 4.78 is 0. The number of amides is 1. The normalized spacial score (nSPS) is 26.1. The van der Waals surface area contributed by atoms with Crippen LogP contribution in [0.15, 0.2) is 0 Å². The van der Waals surface area contributed by atoms with Crippen LogP contribution in [0.5, 0.6) is 0 Å². The molecule has 82 valence electrons. The molecule has 1 heterocycles. The second-order valence-corrected chi connectivity index (χ2v) is 4.29. The smallest absolute Gasteiger partial charge is 0.222 e. The van der Waals surface area contributed by atoms with Crippen molar-refractivity contribution in [3.8, 4) is 0 Å². The van der Waals surface area contributed by atoms with Crippen molar-refractivity contribution in [2.45, 2.75) is 45.6 Å². The fourth-order valence-corrected chi connectivity index (χ4v) is 2.01. The molecule has 1 saturated heterocycles. The van der Waals surface area contributed by atoms with E-state index in [-0.39, 0.29) is 5.91 Å². The summed E-state index contributed by atoms with van der Waals surface area (Å²) >= 11 is 0. The van der Waals surface area contributed by atoms with Crippen LogP contribution in [0.1, 0.15) is 39.5 Å². The summed E-state index contributed by atoms with van der Waals surface area (Å²) in [6, 6.07) is 0. The molecule has 0 bridgehead atoms. The molecular formula is C11H21NO2. The number of β-amino-alcohol motifs (C(OH)–C–C–N with tert-alkyl or cyclic N) is 1. The topological polar surface area (TPSA) is 40.5 Å². The van der Waals surface area contributed by atoms with Crippen LogP contribution in [0, 0.1) is 5.92 Å². The van der Waals surface area contributed by atoms with Gasteiger partial charge < -0.3 is 10.0 Å². The minimum atomic E-state index is -0.405. The first-order chi connectivity index (χ1) is 6.63. The molecule has 2 atom stereocenters. The van der Waals surface area contributed by atoms with Crippen LogP contribution in [0.3, 0.4) is 0 Å². The summed E-state index contributed by atoms with van der Waals surface area (Å²) in [5, 5.41) is 9.24. The second-order valence-electron chi connectivity index (χ2n) is 4.29. The average molecular weight is 199 g/mol. The molecule has 1 rings (SSSR count). The van der Waals surface area contributed by atoms with Crippen molar-refractivity contribution in [1.29, 1.82) is 0 Å². The molecule has 1 N–H and O–H groups in total. The van der Waals surface area contributed by atoms with Gasteiger partial charge in [-0.1, -0.05) is 13.3 Å². The SMILES string of the molecule is CCC1CCC(=O)N(C[C@H](C)O)CC1. The minimum absolute atomic E-state index is 0.210. The highest BCUT2D eigenvalue weighted by Crippen LogP contribution is 2.20. The van der Waals surface area contributed by atoms with Crippen LogP contribution in [-0.2, 0) is 4.79 Å². The molecule has 0 aromatic rings. The number of carbonyl (C=O) groups is 1. The molecule has 3 nitrogen and oxygen atoms in total. The Labute approximate surface area is 86.1 Å². The molecule has 1 aliphatic rings. The summed E-state index contributed by atoms with van der Waals surface area (Å²) in [6.45, 7) is 5.23. The Morgan fingerprint density at radius 2 is 2.29 bits per heavy atom. The maximum atomic E-state index is 11.6. The summed E-state index contributed by atoms with van der Waals surface area (Å²) in [7, 11) is 0. The zero-order valence-corrected chi connectivity index (χ0v) is 9.20. The highest BCUT2D eigenvalue weighted by atomic mass is 16.3. The third-order valence-electron chi connectivity index (χ3n) is 2.99. The zero-order valence-electron chi connectivity index (χ0n) is 9.20. The van der Waals surface area contributed by atoms with Crippen molar-refractivity contribution in [2.24, 2.45) is 5.92 Å². The molecule has 14 heavy (non-hydrogen) atoms. The third kappa shape index (κ3) is 3.29. The van der Waals surface area contributed by atoms with E-state index in [4.69, 9.17) is 0 Å². The summed E-state index contributed by atoms with van der Waals surface area (Å²) in [5.74, 6) is 0.903. The van der Waals surface area contributed by atoms with E-state index in [0.717, 1.165) is 25.8 Å². The summed E-state index contributed by atoms with van der Waals surface area (Å²) in [6.07, 6.45) is 3.53. The largest absolute Gasteiger partial charge is 0.392 e. The van der Waals surface area contributed by atoms with E-state index in [1.165, 1.54) is 0 Å². The van der Waals surface area contributed by atoms with Gasteiger partial charge in [-0.3, -0.25) is 4.79 Å². The molecule has 0 aromatic carbocycles. The van der Waals surface area contributed by atoms with Crippen molar-refractivity contribution in [3.05, 3.63) is 0 Å². The predicted molar refractivity (Wildman–Crippen MR) is 55.9 cm³/mol. The molecule has 0 saturated carbocycles. The van der Waals surface area contributed by atoms with Crippen LogP contribution >= 0.6 is 0 Å². The maximum absolute atomic E-state index is 11.6. The van der Waals surface area contributed by atoms with Crippen LogP contribution < -0.4 is 0 Å². The Bertz CT molecular complexity index is 192. The fraction of sp³-hybridized carbons (Fsp3) is 0.909. The van der Waals surface area contributed by atoms with Crippen molar-refractivity contribution in [3.63, 3.8) is 0 Å². The first kappa shape index (κ1) is 11.5. The van der Waals surface area contributed by atoms with Gasteiger partial charge in [0.2, 0.25) is 5.91 Å². The number of likely N-dealkylation sites (tertiary alicyclic amines) is 1. The van der Waals surface area contributed by atoms with Crippen molar-refractivity contribution < 1.29 is 9.90 Å². The predicted octanol–water partition coefficient (Wildman–Crippen LogP) is 1.41. The van der Waals surface area contributed by atoms with Gasteiger partial charge in [0.15, 0.2) is 0 Å². The van der Waals surface area contributed by atoms with E-state index in [1.54, 1.807) is 11.8 Å². The number of aliphatic hydroxyl groups is 1. The first-order valence-electron chi connectivity index (χ1n) is 5.59. The van der Waals surface area contributed by atoms with Gasteiger partial charge in [-0.2, -0.15) is 0 Å². The highest BCUT2D eigenvalue weighted by Gasteiger charge is 2.21. The lowest BCUT2D eigenvalue weighted by Gasteiger charge is -2.22.